The Kier molecular flexibility index (Phi) is 3.42. The number of aliphatic carboxylic acids is 1. The molecule has 1 aromatic carbocycles. The van der Waals surface area contributed by atoms with Crippen LogP contribution in [0.1, 0.15) is 31.0 Å². The molecular formula is C15H15NO2. The summed E-state index contributed by atoms with van der Waals surface area (Å²) in [7, 11) is 0. The first-order valence-electron chi connectivity index (χ1n) is 5.88. The second kappa shape index (κ2) is 5.00. The fourth-order valence-electron chi connectivity index (χ4n) is 1.82. The third kappa shape index (κ3) is 2.56. The smallest absolute Gasteiger partial charge is 0.328 e. The van der Waals surface area contributed by atoms with Crippen LogP contribution in [-0.2, 0) is 4.79 Å². The highest BCUT2D eigenvalue weighted by Crippen LogP contribution is 2.23. The van der Waals surface area contributed by atoms with E-state index >= 15 is 0 Å². The van der Waals surface area contributed by atoms with Crippen LogP contribution in [0.2, 0.25) is 0 Å². The van der Waals surface area contributed by atoms with Gasteiger partial charge in [0.05, 0.1) is 5.52 Å². The summed E-state index contributed by atoms with van der Waals surface area (Å²) < 4.78 is 0. The van der Waals surface area contributed by atoms with E-state index in [1.807, 2.05) is 30.3 Å². The number of hydrogen-bond donors (Lipinski definition) is 1. The normalized spacial score (nSPS) is 11.5. The van der Waals surface area contributed by atoms with Gasteiger partial charge in [-0.1, -0.05) is 32.0 Å². The molecular weight excluding hydrogens is 226 g/mol. The molecule has 0 aliphatic carbocycles. The summed E-state index contributed by atoms with van der Waals surface area (Å²) in [6.45, 7) is 4.14. The molecule has 0 aliphatic heterocycles. The number of aromatic nitrogens is 1. The topological polar surface area (TPSA) is 50.2 Å². The van der Waals surface area contributed by atoms with Crippen molar-refractivity contribution in [1.29, 1.82) is 0 Å². The molecule has 0 amide bonds. The average molecular weight is 241 g/mol. The number of carboxylic acids is 1. The van der Waals surface area contributed by atoms with Crippen LogP contribution >= 0.6 is 0 Å². The Morgan fingerprint density at radius 3 is 2.72 bits per heavy atom. The van der Waals surface area contributed by atoms with E-state index in [0.29, 0.717) is 5.92 Å². The number of fused-ring (bicyclic) bond motifs is 1. The first-order chi connectivity index (χ1) is 8.58. The number of carboxylic acid groups (broad SMARTS) is 1. The summed E-state index contributed by atoms with van der Waals surface area (Å²) in [5.41, 5.74) is 2.76. The van der Waals surface area contributed by atoms with Crippen LogP contribution < -0.4 is 0 Å². The third-order valence-corrected chi connectivity index (χ3v) is 2.76. The van der Waals surface area contributed by atoms with E-state index in [1.54, 1.807) is 6.08 Å². The van der Waals surface area contributed by atoms with Gasteiger partial charge in [0.1, 0.15) is 0 Å². The molecule has 1 N–H and O–H groups in total. The Labute approximate surface area is 106 Å². The Hall–Kier alpha value is -2.16. The van der Waals surface area contributed by atoms with Gasteiger partial charge in [-0.05, 0) is 29.7 Å². The zero-order chi connectivity index (χ0) is 13.1. The van der Waals surface area contributed by atoms with Crippen LogP contribution in [0.5, 0.6) is 0 Å². The molecule has 2 rings (SSSR count). The Morgan fingerprint density at radius 2 is 2.06 bits per heavy atom. The van der Waals surface area contributed by atoms with E-state index in [-0.39, 0.29) is 0 Å². The lowest BCUT2D eigenvalue weighted by Gasteiger charge is -2.09. The number of hydrogen-bond acceptors (Lipinski definition) is 2. The molecule has 3 nitrogen and oxygen atoms in total. The molecule has 0 aliphatic rings. The lowest BCUT2D eigenvalue weighted by atomic mass is 10.0. The number of para-hydroxylation sites is 1. The molecule has 0 unspecified atom stereocenters. The standard InChI is InChI=1S/C15H15NO2/c1-10(2)14-9-11(7-8-15(17)18)12-5-3-4-6-13(12)16-14/h3-10H,1-2H3,(H,17,18)/b8-7+. The molecule has 1 aromatic heterocycles. The zero-order valence-corrected chi connectivity index (χ0v) is 10.4. The van der Waals surface area contributed by atoms with Crippen molar-refractivity contribution in [1.82, 2.24) is 4.98 Å². The minimum atomic E-state index is -0.943. The predicted molar refractivity (Wildman–Crippen MR) is 72.5 cm³/mol. The summed E-state index contributed by atoms with van der Waals surface area (Å²) in [6.07, 6.45) is 2.78. The Morgan fingerprint density at radius 1 is 1.33 bits per heavy atom. The summed E-state index contributed by atoms with van der Waals surface area (Å²) in [5.74, 6) is -0.631. The van der Waals surface area contributed by atoms with Crippen molar-refractivity contribution in [3.63, 3.8) is 0 Å². The van der Waals surface area contributed by atoms with E-state index < -0.39 is 5.97 Å². The lowest BCUT2D eigenvalue weighted by molar-refractivity contribution is -0.131. The van der Waals surface area contributed by atoms with Crippen molar-refractivity contribution in [2.45, 2.75) is 19.8 Å². The van der Waals surface area contributed by atoms with Gasteiger partial charge in [-0.2, -0.15) is 0 Å². The van der Waals surface area contributed by atoms with Crippen molar-refractivity contribution in [3.8, 4) is 0 Å². The second-order valence-electron chi connectivity index (χ2n) is 4.48. The molecule has 18 heavy (non-hydrogen) atoms. The highest BCUT2D eigenvalue weighted by molar-refractivity contribution is 5.92. The monoisotopic (exact) mass is 241 g/mol. The summed E-state index contributed by atoms with van der Waals surface area (Å²) in [4.78, 5) is 15.2. The maximum Gasteiger partial charge on any atom is 0.328 e. The second-order valence-corrected chi connectivity index (χ2v) is 4.48. The van der Waals surface area contributed by atoms with Gasteiger partial charge in [0.25, 0.3) is 0 Å². The predicted octanol–water partition coefficient (Wildman–Crippen LogP) is 3.46. The quantitative estimate of drug-likeness (QED) is 0.837. The van der Waals surface area contributed by atoms with Gasteiger partial charge in [-0.3, -0.25) is 4.98 Å². The fourth-order valence-corrected chi connectivity index (χ4v) is 1.82. The van der Waals surface area contributed by atoms with Crippen LogP contribution in [0.4, 0.5) is 0 Å². The Balaban J connectivity index is 2.64. The lowest BCUT2D eigenvalue weighted by Crippen LogP contribution is -1.95. The van der Waals surface area contributed by atoms with Gasteiger partial charge >= 0.3 is 5.97 Å². The Bertz CT molecular complexity index is 615. The highest BCUT2D eigenvalue weighted by atomic mass is 16.4. The number of benzene rings is 1. The minimum absolute atomic E-state index is 0.312. The van der Waals surface area contributed by atoms with Gasteiger partial charge in [0.15, 0.2) is 0 Å². The number of carbonyl (C=O) groups is 1. The van der Waals surface area contributed by atoms with Crippen molar-refractivity contribution in [2.24, 2.45) is 0 Å². The molecule has 0 saturated heterocycles. The molecule has 0 atom stereocenters. The summed E-state index contributed by atoms with van der Waals surface area (Å²) in [6, 6.07) is 9.71. The molecule has 3 heteroatoms. The fraction of sp³-hybridized carbons (Fsp3) is 0.200. The third-order valence-electron chi connectivity index (χ3n) is 2.76. The summed E-state index contributed by atoms with van der Waals surface area (Å²) in [5, 5.41) is 9.69. The molecule has 2 aromatic rings. The van der Waals surface area contributed by atoms with E-state index in [2.05, 4.69) is 18.8 Å². The zero-order valence-electron chi connectivity index (χ0n) is 10.4. The number of nitrogens with zero attached hydrogens (tertiary/aromatic N) is 1. The van der Waals surface area contributed by atoms with Crippen LogP contribution in [0.25, 0.3) is 17.0 Å². The van der Waals surface area contributed by atoms with Gasteiger partial charge in [-0.15, -0.1) is 0 Å². The largest absolute Gasteiger partial charge is 0.478 e. The first-order valence-corrected chi connectivity index (χ1v) is 5.88. The SMILES string of the molecule is CC(C)c1cc(/C=C/C(=O)O)c2ccccc2n1. The number of pyridine rings is 1. The van der Waals surface area contributed by atoms with Gasteiger partial charge in [0, 0.05) is 17.2 Å². The summed E-state index contributed by atoms with van der Waals surface area (Å²) >= 11 is 0. The molecule has 0 radical (unpaired) electrons. The highest BCUT2D eigenvalue weighted by Gasteiger charge is 2.06. The molecule has 0 fully saturated rings. The molecule has 0 saturated carbocycles. The minimum Gasteiger partial charge on any atom is -0.478 e. The van der Waals surface area contributed by atoms with Gasteiger partial charge in [0.2, 0.25) is 0 Å². The van der Waals surface area contributed by atoms with Crippen LogP contribution in [0, 0.1) is 0 Å². The first kappa shape index (κ1) is 12.3. The van der Waals surface area contributed by atoms with E-state index in [9.17, 15) is 4.79 Å². The van der Waals surface area contributed by atoms with Crippen molar-refractivity contribution in [2.75, 3.05) is 0 Å². The maximum absolute atomic E-state index is 10.6. The maximum atomic E-state index is 10.6. The van der Waals surface area contributed by atoms with E-state index in [1.165, 1.54) is 0 Å². The van der Waals surface area contributed by atoms with Crippen LogP contribution in [-0.4, -0.2) is 16.1 Å². The molecule has 0 spiro atoms. The molecule has 92 valence electrons. The van der Waals surface area contributed by atoms with Crippen LogP contribution in [0.3, 0.4) is 0 Å². The van der Waals surface area contributed by atoms with Gasteiger partial charge < -0.3 is 5.11 Å². The van der Waals surface area contributed by atoms with Gasteiger partial charge in [-0.25, -0.2) is 4.79 Å². The number of rotatable bonds is 3. The van der Waals surface area contributed by atoms with Crippen LogP contribution in [0.15, 0.2) is 36.4 Å². The molecule has 1 heterocycles. The van der Waals surface area contributed by atoms with Crippen molar-refractivity contribution in [3.05, 3.63) is 47.7 Å². The van der Waals surface area contributed by atoms with E-state index in [4.69, 9.17) is 5.11 Å². The average Bonchev–Trinajstić information content (AvgIpc) is 2.35. The van der Waals surface area contributed by atoms with Crippen molar-refractivity contribution < 1.29 is 9.90 Å². The van der Waals surface area contributed by atoms with E-state index in [0.717, 1.165) is 28.2 Å². The molecule has 0 bridgehead atoms. The van der Waals surface area contributed by atoms with Crippen molar-refractivity contribution >= 4 is 22.9 Å².